The lowest BCUT2D eigenvalue weighted by molar-refractivity contribution is 0.106. The molecule has 0 radical (unpaired) electrons. The number of carbonyl (C=O) groups excluding carboxylic acids is 1. The molecule has 2 aromatic rings. The van der Waals surface area contributed by atoms with Gasteiger partial charge < -0.3 is 5.21 Å². The Morgan fingerprint density at radius 1 is 1.11 bits per heavy atom. The van der Waals surface area contributed by atoms with Gasteiger partial charge in [-0.15, -0.1) is 0 Å². The number of aromatic nitrogens is 1. The highest BCUT2D eigenvalue weighted by Crippen LogP contribution is 2.10. The molecule has 1 aromatic heterocycles. The number of carbonyl (C=O) groups is 1. The molecular weight excluding hydrogens is 254 g/mol. The molecule has 0 saturated heterocycles. The van der Waals surface area contributed by atoms with Gasteiger partial charge in [-0.1, -0.05) is 5.16 Å². The van der Waals surface area contributed by atoms with Gasteiger partial charge >= 0.3 is 0 Å². The molecule has 0 aliphatic rings. The van der Waals surface area contributed by atoms with Gasteiger partial charge in [-0.25, -0.2) is 9.37 Å². The molecule has 2 rings (SSSR count). The topological polar surface area (TPSA) is 62.5 Å². The Morgan fingerprint density at radius 2 is 1.79 bits per heavy atom. The van der Waals surface area contributed by atoms with E-state index in [1.165, 1.54) is 18.2 Å². The highest BCUT2D eigenvalue weighted by atomic mass is 19.1. The summed E-state index contributed by atoms with van der Waals surface area (Å²) < 4.78 is 25.7. The lowest BCUT2D eigenvalue weighted by Gasteiger charge is -2.04. The van der Waals surface area contributed by atoms with Crippen LogP contribution in [-0.2, 0) is 0 Å². The quantitative estimate of drug-likeness (QED) is 0.304. The molecule has 0 saturated carbocycles. The number of Topliss-reactive ketones (excluding diaryl/α,β-unsaturated/α-hetero) is 1. The molecule has 6 heteroatoms. The fourth-order valence-electron chi connectivity index (χ4n) is 1.52. The second-order valence-corrected chi connectivity index (χ2v) is 3.65. The summed E-state index contributed by atoms with van der Waals surface area (Å²) in [5.74, 6) is -1.94. The van der Waals surface area contributed by atoms with Crippen molar-refractivity contribution in [2.75, 3.05) is 0 Å². The van der Waals surface area contributed by atoms with Crippen LogP contribution in [0.1, 0.15) is 15.9 Å². The van der Waals surface area contributed by atoms with Crippen LogP contribution in [0.4, 0.5) is 8.78 Å². The van der Waals surface area contributed by atoms with Crippen LogP contribution in [0.2, 0.25) is 0 Å². The van der Waals surface area contributed by atoms with E-state index < -0.39 is 17.5 Å². The van der Waals surface area contributed by atoms with Gasteiger partial charge in [0.2, 0.25) is 11.7 Å². The molecule has 96 valence electrons. The maximum atomic E-state index is 13.0. The Hall–Kier alpha value is -2.63. The summed E-state index contributed by atoms with van der Waals surface area (Å²) in [5.41, 5.74) is -0.122. The van der Waals surface area contributed by atoms with Crippen LogP contribution < -0.4 is 0 Å². The molecule has 0 spiro atoms. The Kier molecular flexibility index (Phi) is 3.61. The average molecular weight is 262 g/mol. The number of benzene rings is 1. The van der Waals surface area contributed by atoms with Crippen molar-refractivity contribution in [2.24, 2.45) is 5.16 Å². The first-order valence-electron chi connectivity index (χ1n) is 5.26. The summed E-state index contributed by atoms with van der Waals surface area (Å²) in [4.78, 5) is 15.4. The van der Waals surface area contributed by atoms with Gasteiger partial charge in [0.05, 0.1) is 0 Å². The molecular formula is C13H8F2N2O2. The van der Waals surface area contributed by atoms with Gasteiger partial charge in [0.1, 0.15) is 5.82 Å². The van der Waals surface area contributed by atoms with E-state index in [0.29, 0.717) is 0 Å². The molecule has 0 unspecified atom stereocenters. The molecule has 0 fully saturated rings. The monoisotopic (exact) mass is 262 g/mol. The van der Waals surface area contributed by atoms with Gasteiger partial charge in [-0.2, -0.15) is 4.39 Å². The Morgan fingerprint density at radius 3 is 2.37 bits per heavy atom. The Bertz CT molecular complexity index is 639. The normalized spacial score (nSPS) is 11.4. The number of hydrogen-bond donors (Lipinski definition) is 1. The van der Waals surface area contributed by atoms with Crippen LogP contribution in [0.3, 0.4) is 0 Å². The van der Waals surface area contributed by atoms with Crippen LogP contribution in [0.15, 0.2) is 47.8 Å². The smallest absolute Gasteiger partial charge is 0.215 e. The lowest BCUT2D eigenvalue weighted by Crippen LogP contribution is -2.16. The number of ketones is 1. The van der Waals surface area contributed by atoms with Crippen LogP contribution in [0.5, 0.6) is 0 Å². The fraction of sp³-hybridized carbons (Fsp3) is 0. The van der Waals surface area contributed by atoms with Crippen molar-refractivity contribution >= 4 is 11.5 Å². The second-order valence-electron chi connectivity index (χ2n) is 3.65. The zero-order valence-electron chi connectivity index (χ0n) is 9.55. The van der Waals surface area contributed by atoms with Crippen molar-refractivity contribution in [3.63, 3.8) is 0 Å². The molecule has 19 heavy (non-hydrogen) atoms. The molecule has 1 aromatic carbocycles. The van der Waals surface area contributed by atoms with Crippen molar-refractivity contribution in [3.05, 3.63) is 65.5 Å². The minimum absolute atomic E-state index is 0.0873. The van der Waals surface area contributed by atoms with E-state index in [1.54, 1.807) is 0 Å². The van der Waals surface area contributed by atoms with Crippen LogP contribution >= 0.6 is 0 Å². The molecule has 0 aliphatic heterocycles. The summed E-state index contributed by atoms with van der Waals surface area (Å²) in [6, 6.07) is 7.02. The Balaban J connectivity index is 2.38. The van der Waals surface area contributed by atoms with E-state index in [0.717, 1.165) is 24.4 Å². The number of nitrogens with zero attached hydrogens (tertiary/aromatic N) is 2. The first-order valence-corrected chi connectivity index (χ1v) is 5.26. The molecule has 4 nitrogen and oxygen atoms in total. The molecule has 0 amide bonds. The summed E-state index contributed by atoms with van der Waals surface area (Å²) in [5, 5.41) is 11.8. The van der Waals surface area contributed by atoms with Crippen molar-refractivity contribution in [1.29, 1.82) is 0 Å². The summed E-state index contributed by atoms with van der Waals surface area (Å²) in [7, 11) is 0. The first-order chi connectivity index (χ1) is 9.11. The second kappa shape index (κ2) is 5.34. The van der Waals surface area contributed by atoms with Crippen LogP contribution in [0, 0.1) is 11.8 Å². The van der Waals surface area contributed by atoms with Gasteiger partial charge in [-0.05, 0) is 30.3 Å². The van der Waals surface area contributed by atoms with E-state index >= 15 is 0 Å². The number of rotatable bonds is 3. The number of halogens is 2. The lowest BCUT2D eigenvalue weighted by atomic mass is 10.0. The maximum Gasteiger partial charge on any atom is 0.215 e. The van der Waals surface area contributed by atoms with Gasteiger partial charge in [0.15, 0.2) is 5.71 Å². The highest BCUT2D eigenvalue weighted by molar-refractivity contribution is 6.51. The molecule has 1 N–H and O–H groups in total. The van der Waals surface area contributed by atoms with E-state index in [4.69, 9.17) is 5.21 Å². The highest BCUT2D eigenvalue weighted by Gasteiger charge is 2.17. The van der Waals surface area contributed by atoms with Crippen LogP contribution in [-0.4, -0.2) is 21.7 Å². The number of hydrogen-bond acceptors (Lipinski definition) is 4. The standard InChI is InChI=1S/C13H8F2N2O2/c14-10-3-1-8(2-4-10)13(18)12(17-19)9-5-6-16-11(15)7-9/h1-7,19H/b17-12+. The zero-order valence-corrected chi connectivity index (χ0v) is 9.55. The molecule has 0 aliphatic carbocycles. The largest absolute Gasteiger partial charge is 0.410 e. The van der Waals surface area contributed by atoms with E-state index in [9.17, 15) is 13.6 Å². The van der Waals surface area contributed by atoms with Crippen molar-refractivity contribution in [3.8, 4) is 0 Å². The molecule has 0 bridgehead atoms. The maximum absolute atomic E-state index is 13.0. The minimum atomic E-state index is -0.800. The van der Waals surface area contributed by atoms with Crippen molar-refractivity contribution < 1.29 is 18.8 Å². The minimum Gasteiger partial charge on any atom is -0.410 e. The Labute approximate surface area is 107 Å². The van der Waals surface area contributed by atoms with Gasteiger partial charge in [0, 0.05) is 23.4 Å². The fourth-order valence-corrected chi connectivity index (χ4v) is 1.52. The van der Waals surface area contributed by atoms with Gasteiger partial charge in [-0.3, -0.25) is 4.79 Å². The van der Waals surface area contributed by atoms with E-state index in [2.05, 4.69) is 10.1 Å². The molecule has 0 atom stereocenters. The van der Waals surface area contributed by atoms with Gasteiger partial charge in [0.25, 0.3) is 0 Å². The van der Waals surface area contributed by atoms with Crippen LogP contribution in [0.25, 0.3) is 0 Å². The predicted molar refractivity (Wildman–Crippen MR) is 63.2 cm³/mol. The molecule has 1 heterocycles. The predicted octanol–water partition coefficient (Wildman–Crippen LogP) is 2.42. The number of oxime groups is 1. The zero-order chi connectivity index (χ0) is 13.8. The first kappa shape index (κ1) is 12.8. The third-order valence-corrected chi connectivity index (χ3v) is 2.42. The van der Waals surface area contributed by atoms with E-state index in [-0.39, 0.29) is 16.8 Å². The SMILES string of the molecule is O=C(/C(=N/O)c1ccnc(F)c1)c1ccc(F)cc1. The number of pyridine rings is 1. The summed E-state index contributed by atoms with van der Waals surface area (Å²) in [6.07, 6.45) is 1.15. The third kappa shape index (κ3) is 2.79. The summed E-state index contributed by atoms with van der Waals surface area (Å²) in [6.45, 7) is 0. The third-order valence-electron chi connectivity index (χ3n) is 2.42. The van der Waals surface area contributed by atoms with E-state index in [1.807, 2.05) is 0 Å². The van der Waals surface area contributed by atoms with Crippen molar-refractivity contribution in [2.45, 2.75) is 0 Å². The van der Waals surface area contributed by atoms with Crippen molar-refractivity contribution in [1.82, 2.24) is 4.98 Å². The summed E-state index contributed by atoms with van der Waals surface area (Å²) >= 11 is 0. The average Bonchev–Trinajstić information content (AvgIpc) is 2.40.